The summed E-state index contributed by atoms with van der Waals surface area (Å²) in [5.74, 6) is 0.729. The quantitative estimate of drug-likeness (QED) is 0.926. The molecule has 2 rings (SSSR count). The Morgan fingerprint density at radius 1 is 1.44 bits per heavy atom. The fraction of sp³-hybridized carbons (Fsp3) is 0.538. The van der Waals surface area contributed by atoms with Gasteiger partial charge in [0.1, 0.15) is 5.75 Å². The Labute approximate surface area is 118 Å². The lowest BCUT2D eigenvalue weighted by molar-refractivity contribution is 0.197. The third kappa shape index (κ3) is 3.29. The van der Waals surface area contributed by atoms with E-state index in [9.17, 15) is 0 Å². The van der Waals surface area contributed by atoms with Gasteiger partial charge in [0.25, 0.3) is 0 Å². The van der Waals surface area contributed by atoms with Gasteiger partial charge in [-0.1, -0.05) is 23.2 Å². The first-order chi connectivity index (χ1) is 8.60. The highest BCUT2D eigenvalue weighted by atomic mass is 35.5. The van der Waals surface area contributed by atoms with Crippen molar-refractivity contribution in [3.63, 3.8) is 0 Å². The molecule has 1 atom stereocenters. The van der Waals surface area contributed by atoms with Crippen LogP contribution < -0.4 is 10.1 Å². The fourth-order valence-electron chi connectivity index (χ4n) is 2.36. The Morgan fingerprint density at radius 2 is 2.22 bits per heavy atom. The largest absolute Gasteiger partial charge is 0.495 e. The van der Waals surface area contributed by atoms with Gasteiger partial charge in [0.2, 0.25) is 0 Å². The smallest absolute Gasteiger partial charge is 0.142 e. The maximum atomic E-state index is 6.14. The zero-order valence-corrected chi connectivity index (χ0v) is 12.2. The summed E-state index contributed by atoms with van der Waals surface area (Å²) in [6.07, 6.45) is 0. The molecule has 0 radical (unpaired) electrons. The lowest BCUT2D eigenvalue weighted by Gasteiger charge is -2.32. The molecule has 1 aromatic carbocycles. The van der Waals surface area contributed by atoms with Crippen molar-refractivity contribution in [3.05, 3.63) is 27.7 Å². The molecule has 100 valence electrons. The molecule has 1 aromatic rings. The predicted molar refractivity (Wildman–Crippen MR) is 75.8 cm³/mol. The minimum Gasteiger partial charge on any atom is -0.495 e. The van der Waals surface area contributed by atoms with E-state index in [1.165, 1.54) is 0 Å². The van der Waals surface area contributed by atoms with E-state index in [1.54, 1.807) is 13.2 Å². The van der Waals surface area contributed by atoms with Gasteiger partial charge < -0.3 is 10.1 Å². The summed E-state index contributed by atoms with van der Waals surface area (Å²) in [6, 6.07) is 4.16. The lowest BCUT2D eigenvalue weighted by Crippen LogP contribution is -2.48. The van der Waals surface area contributed by atoms with E-state index >= 15 is 0 Å². The summed E-state index contributed by atoms with van der Waals surface area (Å²) in [5.41, 5.74) is 1.05. The van der Waals surface area contributed by atoms with Crippen LogP contribution in [0.2, 0.25) is 10.0 Å². The lowest BCUT2D eigenvalue weighted by atomic mass is 10.1. The first kappa shape index (κ1) is 13.9. The van der Waals surface area contributed by atoms with Crippen molar-refractivity contribution in [1.82, 2.24) is 10.2 Å². The molecule has 0 bridgehead atoms. The Bertz CT molecular complexity index is 426. The van der Waals surface area contributed by atoms with Crippen LogP contribution in [0.3, 0.4) is 0 Å². The summed E-state index contributed by atoms with van der Waals surface area (Å²) < 4.78 is 5.37. The van der Waals surface area contributed by atoms with Gasteiger partial charge in [-0.3, -0.25) is 4.90 Å². The number of halogens is 2. The second kappa shape index (κ2) is 6.11. The standard InChI is InChI=1S/C13H18Cl2N2O/c1-9-7-17(4-3-16-9)8-10-5-11(14)6-12(15)13(10)18-2/h5-6,9,16H,3-4,7-8H2,1-2H3/t9-/m1/s1. The highest BCUT2D eigenvalue weighted by molar-refractivity contribution is 6.35. The normalized spacial score (nSPS) is 21.0. The number of ether oxygens (including phenoxy) is 1. The van der Waals surface area contributed by atoms with Crippen LogP contribution in [0, 0.1) is 0 Å². The maximum Gasteiger partial charge on any atom is 0.142 e. The van der Waals surface area contributed by atoms with Gasteiger partial charge in [-0.15, -0.1) is 0 Å². The zero-order chi connectivity index (χ0) is 13.1. The van der Waals surface area contributed by atoms with Crippen molar-refractivity contribution in [1.29, 1.82) is 0 Å². The molecule has 18 heavy (non-hydrogen) atoms. The number of nitrogens with one attached hydrogen (secondary N) is 1. The van der Waals surface area contributed by atoms with Crippen molar-refractivity contribution in [2.24, 2.45) is 0 Å². The molecular weight excluding hydrogens is 271 g/mol. The molecule has 0 aliphatic carbocycles. The van der Waals surface area contributed by atoms with E-state index in [2.05, 4.69) is 17.1 Å². The fourth-order valence-corrected chi connectivity index (χ4v) is 2.97. The van der Waals surface area contributed by atoms with Crippen molar-refractivity contribution in [2.45, 2.75) is 19.5 Å². The molecule has 0 aromatic heterocycles. The molecule has 1 N–H and O–H groups in total. The number of piperazine rings is 1. The van der Waals surface area contributed by atoms with Crippen LogP contribution in [0.15, 0.2) is 12.1 Å². The second-order valence-electron chi connectivity index (χ2n) is 4.67. The van der Waals surface area contributed by atoms with Gasteiger partial charge >= 0.3 is 0 Å². The molecule has 1 aliphatic rings. The van der Waals surface area contributed by atoms with Gasteiger partial charge in [-0.05, 0) is 19.1 Å². The van der Waals surface area contributed by atoms with Gasteiger partial charge in [-0.2, -0.15) is 0 Å². The number of nitrogens with zero attached hydrogens (tertiary/aromatic N) is 1. The summed E-state index contributed by atoms with van der Waals surface area (Å²) in [6.45, 7) is 6.06. The zero-order valence-electron chi connectivity index (χ0n) is 10.7. The van der Waals surface area contributed by atoms with E-state index in [1.807, 2.05) is 6.07 Å². The van der Waals surface area contributed by atoms with Crippen LogP contribution in [-0.2, 0) is 6.54 Å². The van der Waals surface area contributed by atoms with Gasteiger partial charge in [0.15, 0.2) is 0 Å². The summed E-state index contributed by atoms with van der Waals surface area (Å²) in [4.78, 5) is 2.38. The van der Waals surface area contributed by atoms with Gasteiger partial charge in [-0.25, -0.2) is 0 Å². The number of methoxy groups -OCH3 is 1. The summed E-state index contributed by atoms with van der Waals surface area (Å²) in [7, 11) is 1.64. The summed E-state index contributed by atoms with van der Waals surface area (Å²) in [5, 5.41) is 4.65. The van der Waals surface area contributed by atoms with E-state index in [4.69, 9.17) is 27.9 Å². The molecule has 1 fully saturated rings. The Morgan fingerprint density at radius 3 is 2.89 bits per heavy atom. The first-order valence-corrected chi connectivity index (χ1v) is 6.83. The molecule has 0 amide bonds. The van der Waals surface area contributed by atoms with E-state index in [0.717, 1.165) is 37.5 Å². The van der Waals surface area contributed by atoms with Crippen LogP contribution in [0.25, 0.3) is 0 Å². The molecule has 0 unspecified atom stereocenters. The highest BCUT2D eigenvalue weighted by Gasteiger charge is 2.18. The number of hydrogen-bond acceptors (Lipinski definition) is 3. The number of rotatable bonds is 3. The van der Waals surface area contributed by atoms with Crippen molar-refractivity contribution in [3.8, 4) is 5.75 Å². The molecule has 1 saturated heterocycles. The van der Waals surface area contributed by atoms with Crippen molar-refractivity contribution in [2.75, 3.05) is 26.7 Å². The van der Waals surface area contributed by atoms with Gasteiger partial charge in [0, 0.05) is 42.8 Å². The van der Waals surface area contributed by atoms with Crippen LogP contribution in [0.4, 0.5) is 0 Å². The maximum absolute atomic E-state index is 6.14. The molecule has 1 aliphatic heterocycles. The second-order valence-corrected chi connectivity index (χ2v) is 5.51. The molecule has 0 saturated carbocycles. The molecular formula is C13H18Cl2N2O. The Kier molecular flexibility index (Phi) is 4.73. The average Bonchev–Trinajstić information content (AvgIpc) is 2.28. The topological polar surface area (TPSA) is 24.5 Å². The van der Waals surface area contributed by atoms with Crippen LogP contribution in [-0.4, -0.2) is 37.7 Å². The van der Waals surface area contributed by atoms with Crippen molar-refractivity contribution < 1.29 is 4.74 Å². The number of benzene rings is 1. The van der Waals surface area contributed by atoms with Crippen molar-refractivity contribution >= 4 is 23.2 Å². The Hall–Kier alpha value is -0.480. The molecule has 1 heterocycles. The minimum absolute atomic E-state index is 0.513. The third-order valence-electron chi connectivity index (χ3n) is 3.14. The number of hydrogen-bond donors (Lipinski definition) is 1. The van der Waals surface area contributed by atoms with Gasteiger partial charge in [0.05, 0.1) is 12.1 Å². The average molecular weight is 289 g/mol. The van der Waals surface area contributed by atoms with Crippen LogP contribution >= 0.6 is 23.2 Å². The monoisotopic (exact) mass is 288 g/mol. The molecule has 0 spiro atoms. The SMILES string of the molecule is COc1c(Cl)cc(Cl)cc1CN1CCN[C@H](C)C1. The van der Waals surface area contributed by atoms with Crippen LogP contribution in [0.1, 0.15) is 12.5 Å². The third-order valence-corrected chi connectivity index (χ3v) is 3.64. The van der Waals surface area contributed by atoms with E-state index < -0.39 is 0 Å². The summed E-state index contributed by atoms with van der Waals surface area (Å²) >= 11 is 12.2. The highest BCUT2D eigenvalue weighted by Crippen LogP contribution is 2.33. The molecule has 5 heteroatoms. The first-order valence-electron chi connectivity index (χ1n) is 6.08. The van der Waals surface area contributed by atoms with E-state index in [-0.39, 0.29) is 0 Å². The predicted octanol–water partition coefficient (Wildman–Crippen LogP) is 2.80. The Balaban J connectivity index is 2.17. The minimum atomic E-state index is 0.513. The van der Waals surface area contributed by atoms with E-state index in [0.29, 0.717) is 16.1 Å². The van der Waals surface area contributed by atoms with Crippen LogP contribution in [0.5, 0.6) is 5.75 Å². The molecule has 3 nitrogen and oxygen atoms in total.